The van der Waals surface area contributed by atoms with Gasteiger partial charge in [-0.05, 0) is 58.0 Å². The third-order valence-corrected chi connectivity index (χ3v) is 6.38. The van der Waals surface area contributed by atoms with Gasteiger partial charge in [-0.15, -0.1) is 0 Å². The predicted molar refractivity (Wildman–Crippen MR) is 80.2 cm³/mol. The summed E-state index contributed by atoms with van der Waals surface area (Å²) in [6, 6.07) is 0. The van der Waals surface area contributed by atoms with Crippen LogP contribution in [0.2, 0.25) is 0 Å². The van der Waals surface area contributed by atoms with Crippen molar-refractivity contribution in [3.8, 4) is 0 Å². The van der Waals surface area contributed by atoms with Gasteiger partial charge in [0.1, 0.15) is 0 Å². The van der Waals surface area contributed by atoms with E-state index in [9.17, 15) is 8.42 Å². The van der Waals surface area contributed by atoms with Crippen LogP contribution >= 0.6 is 0 Å². The summed E-state index contributed by atoms with van der Waals surface area (Å²) in [4.78, 5) is 0. The summed E-state index contributed by atoms with van der Waals surface area (Å²) in [5.41, 5.74) is 0. The van der Waals surface area contributed by atoms with Crippen LogP contribution < -0.4 is 5.32 Å². The van der Waals surface area contributed by atoms with Crippen LogP contribution in [0.15, 0.2) is 0 Å². The minimum Gasteiger partial charge on any atom is -0.377 e. The van der Waals surface area contributed by atoms with Crippen LogP contribution in [0.4, 0.5) is 0 Å². The molecule has 0 spiro atoms. The average Bonchev–Trinajstić information content (AvgIpc) is 2.46. The Hall–Kier alpha value is -0.170. The van der Waals surface area contributed by atoms with E-state index in [4.69, 9.17) is 4.74 Å². The summed E-state index contributed by atoms with van der Waals surface area (Å²) in [6.07, 6.45) is 6.09. The molecule has 2 saturated heterocycles. The molecule has 0 bridgehead atoms. The molecule has 6 heteroatoms. The highest BCUT2D eigenvalue weighted by Crippen LogP contribution is 2.23. The second-order valence-corrected chi connectivity index (χ2v) is 8.02. The second-order valence-electron chi connectivity index (χ2n) is 6.00. The Labute approximate surface area is 123 Å². The van der Waals surface area contributed by atoms with Gasteiger partial charge in [0.05, 0.1) is 11.9 Å². The Morgan fingerprint density at radius 3 is 2.55 bits per heavy atom. The van der Waals surface area contributed by atoms with Crippen molar-refractivity contribution >= 4 is 10.0 Å². The molecule has 0 aromatic rings. The predicted octanol–water partition coefficient (Wildman–Crippen LogP) is 1.21. The van der Waals surface area contributed by atoms with Gasteiger partial charge in [-0.1, -0.05) is 0 Å². The van der Waals surface area contributed by atoms with Gasteiger partial charge >= 0.3 is 0 Å². The Balaban J connectivity index is 1.79. The fourth-order valence-corrected chi connectivity index (χ4v) is 4.81. The first-order valence-corrected chi connectivity index (χ1v) is 9.47. The summed E-state index contributed by atoms with van der Waals surface area (Å²) < 4.78 is 32.1. The van der Waals surface area contributed by atoms with Crippen LogP contribution in [0.5, 0.6) is 0 Å². The Morgan fingerprint density at radius 1 is 1.20 bits per heavy atom. The zero-order valence-electron chi connectivity index (χ0n) is 12.5. The Bertz CT molecular complexity index is 372. The molecule has 0 amide bonds. The lowest BCUT2D eigenvalue weighted by Gasteiger charge is -2.32. The molecule has 2 fully saturated rings. The maximum absolute atomic E-state index is 12.4. The van der Waals surface area contributed by atoms with E-state index in [1.54, 1.807) is 4.31 Å². The highest BCUT2D eigenvalue weighted by Gasteiger charge is 2.30. The molecule has 0 aromatic carbocycles. The largest absolute Gasteiger partial charge is 0.377 e. The Kier molecular flexibility index (Phi) is 6.26. The van der Waals surface area contributed by atoms with Gasteiger partial charge in [0.2, 0.25) is 10.0 Å². The molecule has 20 heavy (non-hydrogen) atoms. The van der Waals surface area contributed by atoms with Gasteiger partial charge in [0, 0.05) is 19.7 Å². The molecule has 0 saturated carbocycles. The van der Waals surface area contributed by atoms with E-state index >= 15 is 0 Å². The number of rotatable bonds is 6. The number of hydrogen-bond acceptors (Lipinski definition) is 4. The molecule has 0 aliphatic carbocycles. The summed E-state index contributed by atoms with van der Waals surface area (Å²) >= 11 is 0. The van der Waals surface area contributed by atoms with Crippen LogP contribution in [-0.2, 0) is 14.8 Å². The van der Waals surface area contributed by atoms with Crippen LogP contribution in [0, 0.1) is 5.92 Å². The Morgan fingerprint density at radius 2 is 1.95 bits per heavy atom. The SMILES string of the molecule is CNCCC1CCN(S(=O)(=O)CC2CCCCO2)CC1. The third-order valence-electron chi connectivity index (χ3n) is 4.44. The van der Waals surface area contributed by atoms with Gasteiger partial charge in [-0.2, -0.15) is 0 Å². The molecule has 5 nitrogen and oxygen atoms in total. The zero-order valence-corrected chi connectivity index (χ0v) is 13.3. The van der Waals surface area contributed by atoms with E-state index in [2.05, 4.69) is 5.32 Å². The summed E-state index contributed by atoms with van der Waals surface area (Å²) in [6.45, 7) is 3.10. The number of ether oxygens (including phenoxy) is 1. The normalized spacial score (nSPS) is 26.8. The monoisotopic (exact) mass is 304 g/mol. The zero-order chi connectivity index (χ0) is 14.4. The van der Waals surface area contributed by atoms with Gasteiger partial charge < -0.3 is 10.1 Å². The van der Waals surface area contributed by atoms with Crippen molar-refractivity contribution < 1.29 is 13.2 Å². The van der Waals surface area contributed by atoms with E-state index in [0.29, 0.717) is 25.6 Å². The first-order valence-electron chi connectivity index (χ1n) is 7.86. The maximum Gasteiger partial charge on any atom is 0.216 e. The summed E-state index contributed by atoms with van der Waals surface area (Å²) in [5, 5.41) is 3.16. The smallest absolute Gasteiger partial charge is 0.216 e. The van der Waals surface area contributed by atoms with E-state index < -0.39 is 10.0 Å². The van der Waals surface area contributed by atoms with Crippen molar-refractivity contribution in [1.82, 2.24) is 9.62 Å². The fraction of sp³-hybridized carbons (Fsp3) is 1.00. The van der Waals surface area contributed by atoms with Gasteiger partial charge in [0.25, 0.3) is 0 Å². The first-order chi connectivity index (χ1) is 9.62. The molecule has 1 unspecified atom stereocenters. The van der Waals surface area contributed by atoms with E-state index in [0.717, 1.165) is 45.1 Å². The second kappa shape index (κ2) is 7.73. The molecule has 1 N–H and O–H groups in total. The molecule has 2 heterocycles. The maximum atomic E-state index is 12.4. The summed E-state index contributed by atoms with van der Waals surface area (Å²) in [7, 11) is -1.17. The van der Waals surface area contributed by atoms with Crippen LogP contribution in [-0.4, -0.2) is 57.9 Å². The van der Waals surface area contributed by atoms with E-state index in [1.807, 2.05) is 7.05 Å². The van der Waals surface area contributed by atoms with Gasteiger partial charge in [-0.25, -0.2) is 12.7 Å². The van der Waals surface area contributed by atoms with Crippen molar-refractivity contribution in [2.45, 2.75) is 44.6 Å². The topological polar surface area (TPSA) is 58.6 Å². The molecule has 1 atom stereocenters. The lowest BCUT2D eigenvalue weighted by atomic mass is 9.95. The van der Waals surface area contributed by atoms with Crippen molar-refractivity contribution in [2.75, 3.05) is 39.0 Å². The minimum atomic E-state index is -3.13. The molecule has 0 radical (unpaired) electrons. The van der Waals surface area contributed by atoms with E-state index in [1.165, 1.54) is 0 Å². The summed E-state index contributed by atoms with van der Waals surface area (Å²) in [5.74, 6) is 0.841. The highest BCUT2D eigenvalue weighted by molar-refractivity contribution is 7.89. The molecule has 2 aliphatic heterocycles. The fourth-order valence-electron chi connectivity index (χ4n) is 3.10. The van der Waals surface area contributed by atoms with Crippen molar-refractivity contribution in [2.24, 2.45) is 5.92 Å². The first kappa shape index (κ1) is 16.2. The van der Waals surface area contributed by atoms with Crippen molar-refractivity contribution in [1.29, 1.82) is 0 Å². The van der Waals surface area contributed by atoms with Gasteiger partial charge in [-0.3, -0.25) is 0 Å². The van der Waals surface area contributed by atoms with Crippen molar-refractivity contribution in [3.05, 3.63) is 0 Å². The molecular weight excluding hydrogens is 276 g/mol. The third kappa shape index (κ3) is 4.69. The average molecular weight is 304 g/mol. The van der Waals surface area contributed by atoms with Crippen LogP contribution in [0.3, 0.4) is 0 Å². The molecule has 0 aromatic heterocycles. The standard InChI is InChI=1S/C14H28N2O3S/c1-15-8-5-13-6-9-16(10-7-13)20(17,18)12-14-4-2-3-11-19-14/h13-15H,2-12H2,1H3. The minimum absolute atomic E-state index is 0.0873. The number of piperidine rings is 1. The quantitative estimate of drug-likeness (QED) is 0.801. The number of sulfonamides is 1. The highest BCUT2D eigenvalue weighted by atomic mass is 32.2. The number of hydrogen-bond donors (Lipinski definition) is 1. The number of nitrogens with zero attached hydrogens (tertiary/aromatic N) is 1. The van der Waals surface area contributed by atoms with E-state index in [-0.39, 0.29) is 11.9 Å². The molecular formula is C14H28N2O3S. The van der Waals surface area contributed by atoms with Crippen molar-refractivity contribution in [3.63, 3.8) is 0 Å². The van der Waals surface area contributed by atoms with Crippen LogP contribution in [0.25, 0.3) is 0 Å². The lowest BCUT2D eigenvalue weighted by molar-refractivity contribution is 0.0297. The molecule has 2 aliphatic rings. The number of nitrogens with one attached hydrogen (secondary N) is 1. The lowest BCUT2D eigenvalue weighted by Crippen LogP contribution is -2.43. The molecule has 2 rings (SSSR count). The molecule has 118 valence electrons. The van der Waals surface area contributed by atoms with Crippen LogP contribution in [0.1, 0.15) is 38.5 Å². The van der Waals surface area contributed by atoms with Gasteiger partial charge in [0.15, 0.2) is 0 Å².